The van der Waals surface area contributed by atoms with E-state index in [-0.39, 0.29) is 0 Å². The number of nitrogens with one attached hydrogen (secondary N) is 2. The average Bonchev–Trinajstić information content (AvgIpc) is 3.84. The number of methoxy groups -OCH3 is 2. The van der Waals surface area contributed by atoms with E-state index in [0.29, 0.717) is 11.1 Å². The number of H-pyrrole nitrogens is 2. The second kappa shape index (κ2) is 10.4. The molecule has 2 N–H and O–H groups in total. The van der Waals surface area contributed by atoms with E-state index in [1.807, 2.05) is 97.1 Å². The summed E-state index contributed by atoms with van der Waals surface area (Å²) in [6.45, 7) is 0. The summed E-state index contributed by atoms with van der Waals surface area (Å²) in [6, 6.07) is 25.6. The molecule has 5 aromatic rings. The van der Waals surface area contributed by atoms with Gasteiger partial charge >= 0.3 is 0 Å². The summed E-state index contributed by atoms with van der Waals surface area (Å²) < 4.78 is 10.8. The van der Waals surface area contributed by atoms with Gasteiger partial charge in [0.15, 0.2) is 6.29 Å². The Bertz CT molecular complexity index is 2060. The number of carbonyl (C=O) groups is 1. The highest BCUT2D eigenvalue weighted by molar-refractivity contribution is 5.97. The number of rotatable bonds is 5. The molecule has 0 aliphatic carbocycles. The Balaban J connectivity index is 1.56. The standard InChI is InChI=1S/C35H26N4O3/c1-41-27-10-3-21(4-11-27)34-29-14-7-24(36-29)18-25-8-15-31(37-25)35(22-5-12-28(42-2)13-6-22)33-17-23(20-40)32(39-33)19-26-9-16-30(34)38-26/h3-20,36,39H,1-2H3. The SMILES string of the molecule is COc1ccc(-c2c3nc(cc4[nH]c(cc4C=O)c(-c4ccc(OC)cc4)c4nc(cc5ccc2[nH]5)C=C4)C=C3)cc1. The van der Waals surface area contributed by atoms with E-state index in [9.17, 15) is 4.79 Å². The van der Waals surface area contributed by atoms with Crippen molar-refractivity contribution in [3.8, 4) is 33.8 Å². The van der Waals surface area contributed by atoms with Gasteiger partial charge in [-0.05, 0) is 90.0 Å². The Morgan fingerprint density at radius 3 is 1.74 bits per heavy atom. The minimum absolute atomic E-state index is 0.538. The first kappa shape index (κ1) is 25.3. The van der Waals surface area contributed by atoms with Crippen LogP contribution in [0.1, 0.15) is 33.1 Å². The van der Waals surface area contributed by atoms with Crippen molar-refractivity contribution < 1.29 is 14.3 Å². The Morgan fingerprint density at radius 2 is 1.17 bits per heavy atom. The molecule has 0 radical (unpaired) electrons. The number of ether oxygens (including phenoxy) is 2. The molecule has 3 aromatic heterocycles. The van der Waals surface area contributed by atoms with Crippen LogP contribution in [-0.2, 0) is 0 Å². The summed E-state index contributed by atoms with van der Waals surface area (Å²) in [5, 5.41) is 0. The molecule has 0 spiro atoms. The van der Waals surface area contributed by atoms with E-state index in [1.54, 1.807) is 14.2 Å². The third kappa shape index (κ3) is 4.57. The van der Waals surface area contributed by atoms with E-state index in [4.69, 9.17) is 19.4 Å². The van der Waals surface area contributed by atoms with E-state index < -0.39 is 0 Å². The smallest absolute Gasteiger partial charge is 0.152 e. The molecule has 2 aliphatic heterocycles. The van der Waals surface area contributed by atoms with Crippen molar-refractivity contribution in [2.75, 3.05) is 14.2 Å². The molecule has 0 unspecified atom stereocenters. The molecule has 5 heterocycles. The minimum Gasteiger partial charge on any atom is -0.497 e. The van der Waals surface area contributed by atoms with Gasteiger partial charge < -0.3 is 19.4 Å². The zero-order valence-electron chi connectivity index (χ0n) is 23.0. The molecule has 0 saturated carbocycles. The molecule has 0 atom stereocenters. The summed E-state index contributed by atoms with van der Waals surface area (Å²) in [4.78, 5) is 29.2. The van der Waals surface area contributed by atoms with Crippen LogP contribution in [0.15, 0.2) is 78.9 Å². The highest BCUT2D eigenvalue weighted by Gasteiger charge is 2.15. The maximum atomic E-state index is 12.2. The summed E-state index contributed by atoms with van der Waals surface area (Å²) in [5.74, 6) is 1.54. The molecule has 0 fully saturated rings. The third-order valence-electron chi connectivity index (χ3n) is 7.44. The molecule has 2 aromatic carbocycles. The fraction of sp³-hybridized carbons (Fsp3) is 0.0571. The van der Waals surface area contributed by atoms with Crippen molar-refractivity contribution in [3.63, 3.8) is 0 Å². The van der Waals surface area contributed by atoms with Crippen molar-refractivity contribution in [1.82, 2.24) is 19.9 Å². The number of hydrogen-bond acceptors (Lipinski definition) is 5. The monoisotopic (exact) mass is 550 g/mol. The van der Waals surface area contributed by atoms with E-state index >= 15 is 0 Å². The van der Waals surface area contributed by atoms with Crippen molar-refractivity contribution >= 4 is 52.7 Å². The Kier molecular flexibility index (Phi) is 6.24. The van der Waals surface area contributed by atoms with Gasteiger partial charge in [-0.3, -0.25) is 4.79 Å². The quantitative estimate of drug-likeness (QED) is 0.213. The number of aromatic amines is 2. The number of nitrogens with zero attached hydrogens (tertiary/aromatic N) is 2. The number of hydrogen-bond donors (Lipinski definition) is 2. The molecular formula is C35H26N4O3. The summed E-state index contributed by atoms with van der Waals surface area (Å²) in [7, 11) is 3.30. The number of fused-ring (bicyclic) bond motifs is 8. The lowest BCUT2D eigenvalue weighted by molar-refractivity contribution is 0.112. The lowest BCUT2D eigenvalue weighted by Gasteiger charge is -2.06. The fourth-order valence-corrected chi connectivity index (χ4v) is 5.38. The molecule has 7 nitrogen and oxygen atoms in total. The van der Waals surface area contributed by atoms with Crippen LogP contribution in [0.4, 0.5) is 0 Å². The van der Waals surface area contributed by atoms with Gasteiger partial charge in [0, 0.05) is 33.2 Å². The van der Waals surface area contributed by atoms with Crippen LogP contribution >= 0.6 is 0 Å². The van der Waals surface area contributed by atoms with Crippen molar-refractivity contribution in [2.24, 2.45) is 0 Å². The molecule has 7 heteroatoms. The fourth-order valence-electron chi connectivity index (χ4n) is 5.38. The van der Waals surface area contributed by atoms with Crippen molar-refractivity contribution in [3.05, 3.63) is 107 Å². The van der Waals surface area contributed by atoms with E-state index in [1.165, 1.54) is 0 Å². The first-order chi connectivity index (χ1) is 20.6. The van der Waals surface area contributed by atoms with Crippen LogP contribution in [-0.4, -0.2) is 40.4 Å². The molecule has 2 aliphatic rings. The van der Waals surface area contributed by atoms with Crippen LogP contribution in [0, 0.1) is 0 Å². The van der Waals surface area contributed by atoms with Gasteiger partial charge in [-0.2, -0.15) is 0 Å². The van der Waals surface area contributed by atoms with Crippen LogP contribution in [0.25, 0.3) is 68.6 Å². The lowest BCUT2D eigenvalue weighted by atomic mass is 10.0. The largest absolute Gasteiger partial charge is 0.497 e. The Labute approximate surface area is 241 Å². The van der Waals surface area contributed by atoms with Crippen LogP contribution in [0.5, 0.6) is 11.5 Å². The number of aldehydes is 1. The number of aromatic nitrogens is 4. The summed E-state index contributed by atoms with van der Waals surface area (Å²) in [6.07, 6.45) is 8.81. The van der Waals surface area contributed by atoms with Crippen LogP contribution < -0.4 is 9.47 Å². The highest BCUT2D eigenvalue weighted by Crippen LogP contribution is 2.34. The summed E-state index contributed by atoms with van der Waals surface area (Å²) in [5.41, 5.74) is 10.8. The van der Waals surface area contributed by atoms with Gasteiger partial charge in [0.05, 0.1) is 42.5 Å². The van der Waals surface area contributed by atoms with Crippen molar-refractivity contribution in [2.45, 2.75) is 0 Å². The average molecular weight is 551 g/mol. The predicted octanol–water partition coefficient (Wildman–Crippen LogP) is 7.82. The van der Waals surface area contributed by atoms with Gasteiger partial charge in [-0.25, -0.2) is 9.97 Å². The molecule has 42 heavy (non-hydrogen) atoms. The lowest BCUT2D eigenvalue weighted by Crippen LogP contribution is -1.87. The maximum Gasteiger partial charge on any atom is 0.152 e. The first-order valence-corrected chi connectivity index (χ1v) is 13.5. The highest BCUT2D eigenvalue weighted by atomic mass is 16.5. The van der Waals surface area contributed by atoms with E-state index in [2.05, 4.69) is 16.0 Å². The van der Waals surface area contributed by atoms with Gasteiger partial charge in [0.1, 0.15) is 11.5 Å². The Hall–Kier alpha value is -5.69. The third-order valence-corrected chi connectivity index (χ3v) is 7.44. The Morgan fingerprint density at radius 1 is 0.595 bits per heavy atom. The normalized spacial score (nSPS) is 12.0. The molecule has 8 bridgehead atoms. The second-order valence-corrected chi connectivity index (χ2v) is 10.0. The number of benzene rings is 2. The van der Waals surface area contributed by atoms with Gasteiger partial charge in [0.2, 0.25) is 0 Å². The second-order valence-electron chi connectivity index (χ2n) is 10.0. The zero-order valence-corrected chi connectivity index (χ0v) is 23.0. The van der Waals surface area contributed by atoms with Crippen LogP contribution in [0.2, 0.25) is 0 Å². The van der Waals surface area contributed by atoms with Crippen LogP contribution in [0.3, 0.4) is 0 Å². The van der Waals surface area contributed by atoms with Gasteiger partial charge in [0.25, 0.3) is 0 Å². The molecule has 204 valence electrons. The number of carbonyl (C=O) groups excluding carboxylic acids is 1. The molecular weight excluding hydrogens is 524 g/mol. The maximum absolute atomic E-state index is 12.2. The van der Waals surface area contributed by atoms with E-state index in [0.717, 1.165) is 79.4 Å². The topological polar surface area (TPSA) is 92.9 Å². The van der Waals surface area contributed by atoms with Gasteiger partial charge in [-0.15, -0.1) is 0 Å². The molecule has 0 saturated heterocycles. The zero-order chi connectivity index (χ0) is 28.6. The first-order valence-electron chi connectivity index (χ1n) is 13.5. The summed E-state index contributed by atoms with van der Waals surface area (Å²) >= 11 is 0. The predicted molar refractivity (Wildman–Crippen MR) is 168 cm³/mol. The van der Waals surface area contributed by atoms with Crippen molar-refractivity contribution in [1.29, 1.82) is 0 Å². The molecule has 0 amide bonds. The molecule has 7 rings (SSSR count). The van der Waals surface area contributed by atoms with Gasteiger partial charge in [-0.1, -0.05) is 24.3 Å². The minimum atomic E-state index is 0.538.